The van der Waals surface area contributed by atoms with E-state index in [-0.39, 0.29) is 0 Å². The third-order valence-electron chi connectivity index (χ3n) is 4.40. The zero-order valence-corrected chi connectivity index (χ0v) is 13.1. The summed E-state index contributed by atoms with van der Waals surface area (Å²) in [5.74, 6) is -4.49. The van der Waals surface area contributed by atoms with Crippen molar-refractivity contribution in [3.8, 4) is 0 Å². The number of carbonyl (C=O) groups is 4. The van der Waals surface area contributed by atoms with E-state index in [4.69, 9.17) is 9.47 Å². The maximum atomic E-state index is 12.8. The lowest BCUT2D eigenvalue weighted by molar-refractivity contribution is -0.146. The minimum atomic E-state index is -1.07. The van der Waals surface area contributed by atoms with Gasteiger partial charge in [-0.3, -0.25) is 24.5 Å². The molecule has 2 amide bonds. The highest BCUT2D eigenvalue weighted by Crippen LogP contribution is 2.39. The summed E-state index contributed by atoms with van der Waals surface area (Å²) in [6.07, 6.45) is 0. The number of esters is 2. The van der Waals surface area contributed by atoms with Crippen LogP contribution in [-0.2, 0) is 28.7 Å². The fourth-order valence-corrected chi connectivity index (χ4v) is 3.33. The smallest absolute Gasteiger partial charge is 0.323 e. The summed E-state index contributed by atoms with van der Waals surface area (Å²) in [6.45, 7) is 0. The van der Waals surface area contributed by atoms with Gasteiger partial charge in [0.2, 0.25) is 11.8 Å². The van der Waals surface area contributed by atoms with Gasteiger partial charge in [-0.15, -0.1) is 0 Å². The van der Waals surface area contributed by atoms with Gasteiger partial charge in [-0.25, -0.2) is 4.90 Å². The Morgan fingerprint density at radius 2 is 1.38 bits per heavy atom. The number of hydrogen-bond acceptors (Lipinski definition) is 7. The van der Waals surface area contributed by atoms with Crippen LogP contribution in [0.4, 0.5) is 5.69 Å². The highest BCUT2D eigenvalue weighted by atomic mass is 16.5. The molecular weight excluding hydrogens is 316 g/mol. The van der Waals surface area contributed by atoms with Gasteiger partial charge in [-0.1, -0.05) is 18.2 Å². The van der Waals surface area contributed by atoms with Crippen LogP contribution >= 0.6 is 0 Å². The first-order valence-electron chi connectivity index (χ1n) is 7.35. The van der Waals surface area contributed by atoms with Crippen LogP contribution in [-0.4, -0.2) is 50.1 Å². The van der Waals surface area contributed by atoms with Crippen LogP contribution in [0, 0.1) is 11.8 Å². The molecule has 4 atom stereocenters. The molecule has 24 heavy (non-hydrogen) atoms. The normalized spacial score (nSPS) is 28.7. The number of benzene rings is 1. The molecule has 2 aliphatic heterocycles. The Bertz CT molecular complexity index is 664. The summed E-state index contributed by atoms with van der Waals surface area (Å²) in [5, 5.41) is 2.71. The number of fused-ring (bicyclic) bond motifs is 1. The number of anilines is 1. The largest absolute Gasteiger partial charge is 0.468 e. The molecule has 0 spiro atoms. The lowest BCUT2D eigenvalue weighted by atomic mass is 9.89. The van der Waals surface area contributed by atoms with Crippen LogP contribution < -0.4 is 10.2 Å². The van der Waals surface area contributed by atoms with Crippen molar-refractivity contribution in [2.24, 2.45) is 11.8 Å². The summed E-state index contributed by atoms with van der Waals surface area (Å²) in [5.41, 5.74) is 0.397. The second-order valence-electron chi connectivity index (χ2n) is 5.57. The van der Waals surface area contributed by atoms with Gasteiger partial charge in [0.25, 0.3) is 0 Å². The monoisotopic (exact) mass is 332 g/mol. The molecule has 1 N–H and O–H groups in total. The number of para-hydroxylation sites is 1. The molecule has 2 heterocycles. The molecule has 126 valence electrons. The second kappa shape index (κ2) is 6.04. The number of carbonyl (C=O) groups excluding carboxylic acids is 4. The van der Waals surface area contributed by atoms with Gasteiger partial charge >= 0.3 is 11.9 Å². The molecule has 8 heteroatoms. The van der Waals surface area contributed by atoms with Crippen molar-refractivity contribution in [2.45, 2.75) is 12.1 Å². The Labute approximate surface area is 137 Å². The molecule has 1 aromatic carbocycles. The molecule has 0 saturated carbocycles. The zero-order chi connectivity index (χ0) is 17.4. The Morgan fingerprint density at radius 1 is 0.917 bits per heavy atom. The fourth-order valence-electron chi connectivity index (χ4n) is 3.33. The molecule has 0 bridgehead atoms. The molecular formula is C16H16N2O6. The Hall–Kier alpha value is -2.74. The van der Waals surface area contributed by atoms with Crippen molar-refractivity contribution in [1.82, 2.24) is 5.32 Å². The molecule has 0 radical (unpaired) electrons. The van der Waals surface area contributed by atoms with Crippen LogP contribution in [0.3, 0.4) is 0 Å². The third-order valence-corrected chi connectivity index (χ3v) is 4.40. The van der Waals surface area contributed by atoms with E-state index in [0.717, 1.165) is 4.90 Å². The molecule has 2 saturated heterocycles. The van der Waals surface area contributed by atoms with E-state index in [0.29, 0.717) is 5.69 Å². The Morgan fingerprint density at radius 3 is 1.79 bits per heavy atom. The summed E-state index contributed by atoms with van der Waals surface area (Å²) in [7, 11) is 2.36. The van der Waals surface area contributed by atoms with Gasteiger partial charge in [-0.2, -0.15) is 0 Å². The lowest BCUT2D eigenvalue weighted by Crippen LogP contribution is -2.48. The average molecular weight is 332 g/mol. The van der Waals surface area contributed by atoms with Gasteiger partial charge < -0.3 is 9.47 Å². The number of nitrogens with zero attached hydrogens (tertiary/aromatic N) is 1. The Kier molecular flexibility index (Phi) is 4.06. The summed E-state index contributed by atoms with van der Waals surface area (Å²) >= 11 is 0. The summed E-state index contributed by atoms with van der Waals surface area (Å²) in [6, 6.07) is 6.22. The molecule has 2 fully saturated rings. The second-order valence-corrected chi connectivity index (χ2v) is 5.57. The van der Waals surface area contributed by atoms with E-state index in [1.807, 2.05) is 0 Å². The molecule has 0 aliphatic carbocycles. The number of nitrogens with one attached hydrogen (secondary N) is 1. The first-order valence-corrected chi connectivity index (χ1v) is 7.35. The van der Waals surface area contributed by atoms with Gasteiger partial charge in [0.15, 0.2) is 0 Å². The third kappa shape index (κ3) is 2.26. The number of hydrogen-bond donors (Lipinski definition) is 1. The van der Waals surface area contributed by atoms with Gasteiger partial charge in [0, 0.05) is 0 Å². The van der Waals surface area contributed by atoms with E-state index in [1.54, 1.807) is 30.3 Å². The summed E-state index contributed by atoms with van der Waals surface area (Å²) in [4.78, 5) is 50.6. The fraction of sp³-hybridized carbons (Fsp3) is 0.375. The maximum Gasteiger partial charge on any atom is 0.323 e. The number of ether oxygens (including phenoxy) is 2. The topological polar surface area (TPSA) is 102 Å². The van der Waals surface area contributed by atoms with Crippen molar-refractivity contribution < 1.29 is 28.7 Å². The highest BCUT2D eigenvalue weighted by molar-refractivity contribution is 6.24. The van der Waals surface area contributed by atoms with Crippen LogP contribution in [0.5, 0.6) is 0 Å². The van der Waals surface area contributed by atoms with Gasteiger partial charge in [0.05, 0.1) is 31.7 Å². The molecule has 0 aromatic heterocycles. The Balaban J connectivity index is 2.02. The van der Waals surface area contributed by atoms with Crippen LogP contribution in [0.2, 0.25) is 0 Å². The van der Waals surface area contributed by atoms with E-state index < -0.39 is 47.7 Å². The molecule has 0 unspecified atom stereocenters. The van der Waals surface area contributed by atoms with Crippen molar-refractivity contribution in [3.05, 3.63) is 30.3 Å². The first kappa shape index (κ1) is 16.1. The van der Waals surface area contributed by atoms with Crippen LogP contribution in [0.1, 0.15) is 0 Å². The first-order chi connectivity index (χ1) is 11.5. The standard InChI is InChI=1S/C16H16N2O6/c1-23-15(21)11-9-10(12(17-11)16(22)24-2)14(20)18(13(9)19)8-6-4-3-5-7-8/h3-7,9-12,17H,1-2H3/t9-,10+,11+,12-. The van der Waals surface area contributed by atoms with Crippen LogP contribution in [0.25, 0.3) is 0 Å². The molecule has 8 nitrogen and oxygen atoms in total. The van der Waals surface area contributed by atoms with Crippen molar-refractivity contribution in [3.63, 3.8) is 0 Å². The highest BCUT2D eigenvalue weighted by Gasteiger charge is 2.63. The molecule has 2 aliphatic rings. The predicted molar refractivity (Wildman–Crippen MR) is 80.7 cm³/mol. The minimum absolute atomic E-state index is 0.397. The SMILES string of the molecule is COC(=O)[C@H]1N[C@@H](C(=O)OC)[C@H]2C(=O)N(c3ccccc3)C(=O)[C@H]21. The zero-order valence-electron chi connectivity index (χ0n) is 13.1. The van der Waals surface area contributed by atoms with Crippen molar-refractivity contribution in [1.29, 1.82) is 0 Å². The van der Waals surface area contributed by atoms with E-state index in [1.165, 1.54) is 14.2 Å². The maximum absolute atomic E-state index is 12.8. The minimum Gasteiger partial charge on any atom is -0.468 e. The van der Waals surface area contributed by atoms with E-state index >= 15 is 0 Å². The summed E-state index contributed by atoms with van der Waals surface area (Å²) < 4.78 is 9.39. The van der Waals surface area contributed by atoms with Gasteiger partial charge in [-0.05, 0) is 12.1 Å². The molecule has 1 aromatic rings. The number of amides is 2. The average Bonchev–Trinajstić information content (AvgIpc) is 3.12. The lowest BCUT2D eigenvalue weighted by Gasteiger charge is -2.20. The van der Waals surface area contributed by atoms with Gasteiger partial charge in [0.1, 0.15) is 12.1 Å². The number of imide groups is 1. The number of methoxy groups -OCH3 is 2. The predicted octanol–water partition coefficient (Wildman–Crippen LogP) is -0.521. The number of rotatable bonds is 3. The van der Waals surface area contributed by atoms with Crippen molar-refractivity contribution >= 4 is 29.4 Å². The quantitative estimate of drug-likeness (QED) is 0.587. The van der Waals surface area contributed by atoms with E-state index in [9.17, 15) is 19.2 Å². The van der Waals surface area contributed by atoms with Crippen LogP contribution in [0.15, 0.2) is 30.3 Å². The van der Waals surface area contributed by atoms with Crippen molar-refractivity contribution in [2.75, 3.05) is 19.1 Å². The molecule has 3 rings (SSSR count). The van der Waals surface area contributed by atoms with E-state index in [2.05, 4.69) is 5.32 Å².